The minimum atomic E-state index is -3.41. The first-order valence-electron chi connectivity index (χ1n) is 9.24. The molecule has 9 heteroatoms. The molecule has 0 amide bonds. The van der Waals surface area contributed by atoms with Gasteiger partial charge in [-0.25, -0.2) is 23.4 Å². The van der Waals surface area contributed by atoms with Gasteiger partial charge in [0.25, 0.3) is 0 Å². The van der Waals surface area contributed by atoms with Gasteiger partial charge in [-0.1, -0.05) is 18.6 Å². The number of aromatic nitrogens is 3. The Morgan fingerprint density at radius 1 is 1.00 bits per heavy atom. The molecule has 0 unspecified atom stereocenters. The lowest BCUT2D eigenvalue weighted by Crippen LogP contribution is -2.35. The van der Waals surface area contributed by atoms with Crippen LogP contribution in [0, 0.1) is 0 Å². The topological polar surface area (TPSA) is 114 Å². The molecule has 0 aliphatic carbocycles. The van der Waals surface area contributed by atoms with E-state index in [1.54, 1.807) is 22.5 Å². The van der Waals surface area contributed by atoms with Crippen molar-refractivity contribution in [2.24, 2.45) is 0 Å². The van der Waals surface area contributed by atoms with Crippen molar-refractivity contribution in [3.05, 3.63) is 48.3 Å². The van der Waals surface area contributed by atoms with E-state index >= 15 is 0 Å². The van der Waals surface area contributed by atoms with Crippen molar-refractivity contribution in [2.45, 2.75) is 30.7 Å². The number of hydrogen-bond acceptors (Lipinski definition) is 7. The minimum Gasteiger partial charge on any atom is -0.384 e. The standard InChI is InChI=1S/C19H22N6O2S/c20-17-9-8-16-18(22-13-23-19(16)24-17)21-12-14-4-6-15(7-5-14)28(26,27)25-10-2-1-3-11-25/h4-9,13H,1-3,10-12H2,(H3,20,21,22,23,24). The van der Waals surface area contributed by atoms with Gasteiger partial charge in [0, 0.05) is 19.6 Å². The fraction of sp³-hybridized carbons (Fsp3) is 0.316. The van der Waals surface area contributed by atoms with E-state index in [2.05, 4.69) is 20.3 Å². The average Bonchev–Trinajstić information content (AvgIpc) is 2.73. The zero-order valence-electron chi connectivity index (χ0n) is 15.4. The minimum absolute atomic E-state index is 0.338. The number of piperidine rings is 1. The predicted octanol–water partition coefficient (Wildman–Crippen LogP) is 2.39. The first-order valence-corrected chi connectivity index (χ1v) is 10.7. The van der Waals surface area contributed by atoms with Crippen molar-refractivity contribution in [3.63, 3.8) is 0 Å². The highest BCUT2D eigenvalue weighted by Crippen LogP contribution is 2.22. The monoisotopic (exact) mass is 398 g/mol. The molecule has 0 bridgehead atoms. The summed E-state index contributed by atoms with van der Waals surface area (Å²) in [5.74, 6) is 1.06. The zero-order chi connectivity index (χ0) is 19.6. The van der Waals surface area contributed by atoms with E-state index in [1.165, 1.54) is 6.33 Å². The molecule has 1 aromatic carbocycles. The van der Waals surface area contributed by atoms with Gasteiger partial charge in [0.15, 0.2) is 5.65 Å². The van der Waals surface area contributed by atoms with Crippen LogP contribution in [0.5, 0.6) is 0 Å². The van der Waals surface area contributed by atoms with Crippen molar-refractivity contribution in [1.29, 1.82) is 0 Å². The molecular weight excluding hydrogens is 376 g/mol. The number of benzene rings is 1. The van der Waals surface area contributed by atoms with Gasteiger partial charge < -0.3 is 11.1 Å². The predicted molar refractivity (Wildman–Crippen MR) is 108 cm³/mol. The molecule has 0 radical (unpaired) electrons. The van der Waals surface area contributed by atoms with Gasteiger partial charge in [-0.3, -0.25) is 0 Å². The maximum atomic E-state index is 12.7. The van der Waals surface area contributed by atoms with E-state index < -0.39 is 10.0 Å². The molecule has 1 fully saturated rings. The summed E-state index contributed by atoms with van der Waals surface area (Å²) in [5, 5.41) is 4.03. The van der Waals surface area contributed by atoms with E-state index in [0.29, 0.717) is 41.8 Å². The van der Waals surface area contributed by atoms with Gasteiger partial charge >= 0.3 is 0 Å². The van der Waals surface area contributed by atoms with E-state index in [9.17, 15) is 8.42 Å². The molecule has 0 atom stereocenters. The normalized spacial score (nSPS) is 15.6. The number of nitrogen functional groups attached to an aromatic ring is 1. The summed E-state index contributed by atoms with van der Waals surface area (Å²) in [7, 11) is -3.41. The second-order valence-electron chi connectivity index (χ2n) is 6.79. The van der Waals surface area contributed by atoms with Crippen molar-refractivity contribution >= 4 is 32.7 Å². The first-order chi connectivity index (χ1) is 13.5. The van der Waals surface area contributed by atoms with Crippen LogP contribution >= 0.6 is 0 Å². The molecule has 0 spiro atoms. The Kier molecular flexibility index (Phi) is 5.10. The lowest BCUT2D eigenvalue weighted by atomic mass is 10.2. The number of nitrogens with two attached hydrogens (primary N) is 1. The third-order valence-electron chi connectivity index (χ3n) is 4.85. The van der Waals surface area contributed by atoms with Crippen LogP contribution < -0.4 is 11.1 Å². The molecule has 1 saturated heterocycles. The first kappa shape index (κ1) is 18.6. The van der Waals surface area contributed by atoms with Gasteiger partial charge in [-0.15, -0.1) is 0 Å². The zero-order valence-corrected chi connectivity index (χ0v) is 16.2. The number of anilines is 2. The van der Waals surface area contributed by atoms with Crippen LogP contribution in [-0.4, -0.2) is 40.8 Å². The van der Waals surface area contributed by atoms with E-state index in [1.807, 2.05) is 18.2 Å². The number of rotatable bonds is 5. The summed E-state index contributed by atoms with van der Waals surface area (Å²) in [6.07, 6.45) is 4.38. The number of sulfonamides is 1. The molecule has 8 nitrogen and oxygen atoms in total. The fourth-order valence-electron chi connectivity index (χ4n) is 3.32. The number of fused-ring (bicyclic) bond motifs is 1. The van der Waals surface area contributed by atoms with Gasteiger partial charge in [-0.05, 0) is 42.7 Å². The van der Waals surface area contributed by atoms with Gasteiger partial charge in [-0.2, -0.15) is 4.31 Å². The molecular formula is C19H22N6O2S. The van der Waals surface area contributed by atoms with E-state index in [0.717, 1.165) is 30.2 Å². The lowest BCUT2D eigenvalue weighted by Gasteiger charge is -2.25. The summed E-state index contributed by atoms with van der Waals surface area (Å²) < 4.78 is 27.0. The average molecular weight is 398 g/mol. The van der Waals surface area contributed by atoms with Crippen molar-refractivity contribution in [1.82, 2.24) is 19.3 Å². The smallest absolute Gasteiger partial charge is 0.243 e. The number of nitrogens with one attached hydrogen (secondary N) is 1. The summed E-state index contributed by atoms with van der Waals surface area (Å²) in [6.45, 7) is 1.70. The van der Waals surface area contributed by atoms with Crippen LogP contribution in [0.1, 0.15) is 24.8 Å². The summed E-state index contributed by atoms with van der Waals surface area (Å²) in [6, 6.07) is 10.5. The third kappa shape index (κ3) is 3.76. The molecule has 1 aliphatic heterocycles. The molecule has 0 saturated carbocycles. The van der Waals surface area contributed by atoms with E-state index in [4.69, 9.17) is 5.73 Å². The van der Waals surface area contributed by atoms with Gasteiger partial charge in [0.05, 0.1) is 10.3 Å². The SMILES string of the molecule is Nc1ccc2c(NCc3ccc(S(=O)(=O)N4CCCCC4)cc3)ncnc2n1. The Balaban J connectivity index is 1.48. The van der Waals surface area contributed by atoms with Crippen LogP contribution in [-0.2, 0) is 16.6 Å². The number of pyridine rings is 1. The highest BCUT2D eigenvalue weighted by molar-refractivity contribution is 7.89. The second kappa shape index (κ2) is 7.69. The Morgan fingerprint density at radius 3 is 2.50 bits per heavy atom. The van der Waals surface area contributed by atoms with Gasteiger partial charge in [0.1, 0.15) is 18.0 Å². The highest BCUT2D eigenvalue weighted by atomic mass is 32.2. The Morgan fingerprint density at radius 2 is 1.75 bits per heavy atom. The molecule has 3 aromatic rings. The highest BCUT2D eigenvalue weighted by Gasteiger charge is 2.25. The fourth-order valence-corrected chi connectivity index (χ4v) is 4.83. The molecule has 146 valence electrons. The van der Waals surface area contributed by atoms with Crippen LogP contribution in [0.3, 0.4) is 0 Å². The Labute approximate surface area is 163 Å². The van der Waals surface area contributed by atoms with Crippen LogP contribution in [0.4, 0.5) is 11.6 Å². The molecule has 28 heavy (non-hydrogen) atoms. The maximum Gasteiger partial charge on any atom is 0.243 e. The summed E-state index contributed by atoms with van der Waals surface area (Å²) >= 11 is 0. The molecule has 2 aromatic heterocycles. The molecule has 3 N–H and O–H groups in total. The Hall–Kier alpha value is -2.78. The summed E-state index contributed by atoms with van der Waals surface area (Å²) in [4.78, 5) is 12.9. The molecule has 3 heterocycles. The van der Waals surface area contributed by atoms with Crippen molar-refractivity contribution < 1.29 is 8.42 Å². The number of nitrogens with zero attached hydrogens (tertiary/aromatic N) is 4. The van der Waals surface area contributed by atoms with Crippen LogP contribution in [0.15, 0.2) is 47.6 Å². The van der Waals surface area contributed by atoms with Crippen molar-refractivity contribution in [3.8, 4) is 0 Å². The Bertz CT molecular complexity index is 1080. The van der Waals surface area contributed by atoms with Crippen LogP contribution in [0.2, 0.25) is 0 Å². The van der Waals surface area contributed by atoms with Gasteiger partial charge in [0.2, 0.25) is 10.0 Å². The maximum absolute atomic E-state index is 12.7. The van der Waals surface area contributed by atoms with E-state index in [-0.39, 0.29) is 0 Å². The summed E-state index contributed by atoms with van der Waals surface area (Å²) in [5.41, 5.74) is 7.18. The lowest BCUT2D eigenvalue weighted by molar-refractivity contribution is 0.346. The largest absolute Gasteiger partial charge is 0.384 e. The molecule has 1 aliphatic rings. The van der Waals surface area contributed by atoms with Crippen LogP contribution in [0.25, 0.3) is 11.0 Å². The molecule has 4 rings (SSSR count). The van der Waals surface area contributed by atoms with Crippen molar-refractivity contribution in [2.75, 3.05) is 24.1 Å². The third-order valence-corrected chi connectivity index (χ3v) is 6.77. The quantitative estimate of drug-likeness (QED) is 0.678. The number of hydrogen-bond donors (Lipinski definition) is 2. The second-order valence-corrected chi connectivity index (χ2v) is 8.73.